The minimum Gasteiger partial charge on any atom is -0.384 e. The molecule has 2 nitrogen and oxygen atoms in total. The number of unbranched alkanes of at least 4 members (excludes halogenated alkanes) is 3. The van der Waals surface area contributed by atoms with Crippen molar-refractivity contribution in [3.8, 4) is 0 Å². The summed E-state index contributed by atoms with van der Waals surface area (Å²) in [6, 6.07) is 6.17. The van der Waals surface area contributed by atoms with Crippen molar-refractivity contribution in [3.63, 3.8) is 0 Å². The quantitative estimate of drug-likeness (QED) is 0.444. The van der Waals surface area contributed by atoms with Crippen LogP contribution >= 0.6 is 11.6 Å². The average Bonchev–Trinajstić information content (AvgIpc) is 2.60. The molecule has 1 aromatic carbocycles. The fraction of sp³-hybridized carbons (Fsp3) is 0.522. The van der Waals surface area contributed by atoms with Crippen LogP contribution in [-0.4, -0.2) is 11.5 Å². The van der Waals surface area contributed by atoms with Gasteiger partial charge in [-0.3, -0.25) is 4.98 Å². The lowest BCUT2D eigenvalue weighted by Crippen LogP contribution is -2.24. The highest BCUT2D eigenvalue weighted by molar-refractivity contribution is 6.31. The Morgan fingerprint density at radius 2 is 2.08 bits per heavy atom. The molecule has 0 unspecified atom stereocenters. The molecule has 0 saturated heterocycles. The maximum atomic E-state index is 6.26. The number of hydrogen-bond donors (Lipinski definition) is 1. The maximum absolute atomic E-state index is 6.26. The van der Waals surface area contributed by atoms with E-state index in [0.29, 0.717) is 11.8 Å². The predicted octanol–water partition coefficient (Wildman–Crippen LogP) is 6.88. The summed E-state index contributed by atoms with van der Waals surface area (Å²) in [4.78, 5) is 5.05. The van der Waals surface area contributed by atoms with Crippen LogP contribution in [-0.2, 0) is 6.42 Å². The first-order valence-corrected chi connectivity index (χ1v) is 10.6. The van der Waals surface area contributed by atoms with Crippen LogP contribution in [0, 0.1) is 5.92 Å². The highest BCUT2D eigenvalue weighted by Gasteiger charge is 2.33. The molecule has 1 heterocycles. The molecule has 2 atom stereocenters. The lowest BCUT2D eigenvalue weighted by atomic mass is 9.71. The molecule has 1 aromatic heterocycles. The summed E-state index contributed by atoms with van der Waals surface area (Å²) in [5.74, 6) is 1.27. The first-order valence-electron chi connectivity index (χ1n) is 10.2. The molecule has 3 heteroatoms. The number of benzene rings is 1. The molecule has 2 aromatic rings. The predicted molar refractivity (Wildman–Crippen MR) is 112 cm³/mol. The summed E-state index contributed by atoms with van der Waals surface area (Å²) in [6.45, 7) is 5.59. The minimum absolute atomic E-state index is 0.611. The fourth-order valence-electron chi connectivity index (χ4n) is 4.84. The molecule has 0 spiro atoms. The second-order valence-electron chi connectivity index (χ2n) is 8.11. The fourth-order valence-corrected chi connectivity index (χ4v) is 5.01. The number of rotatable bonds is 6. The molecule has 138 valence electrons. The second-order valence-corrected chi connectivity index (χ2v) is 8.55. The molecule has 0 amide bonds. The van der Waals surface area contributed by atoms with Crippen LogP contribution in [0.5, 0.6) is 0 Å². The molecule has 0 saturated carbocycles. The summed E-state index contributed by atoms with van der Waals surface area (Å²) >= 11 is 6.26. The van der Waals surface area contributed by atoms with Gasteiger partial charge in [-0.05, 0) is 62.6 Å². The van der Waals surface area contributed by atoms with Crippen molar-refractivity contribution in [1.82, 2.24) is 4.98 Å². The van der Waals surface area contributed by atoms with Crippen molar-refractivity contribution in [1.29, 1.82) is 0 Å². The van der Waals surface area contributed by atoms with Gasteiger partial charge in [0.05, 0.1) is 5.52 Å². The van der Waals surface area contributed by atoms with Crippen LogP contribution in [0.25, 0.3) is 10.9 Å². The van der Waals surface area contributed by atoms with Gasteiger partial charge in [0.2, 0.25) is 0 Å². The molecular weight excluding hydrogens is 340 g/mol. The zero-order chi connectivity index (χ0) is 18.1. The zero-order valence-electron chi connectivity index (χ0n) is 15.9. The van der Waals surface area contributed by atoms with E-state index in [1.165, 1.54) is 60.9 Å². The van der Waals surface area contributed by atoms with Crippen LogP contribution in [0.1, 0.15) is 69.5 Å². The Balaban J connectivity index is 1.73. The lowest BCUT2D eigenvalue weighted by Gasteiger charge is -2.36. The van der Waals surface area contributed by atoms with Gasteiger partial charge in [-0.25, -0.2) is 0 Å². The molecule has 0 radical (unpaired) electrons. The summed E-state index contributed by atoms with van der Waals surface area (Å²) in [6.07, 6.45) is 11.1. The molecule has 1 N–H and O–H groups in total. The molecule has 26 heavy (non-hydrogen) atoms. The summed E-state index contributed by atoms with van der Waals surface area (Å²) in [7, 11) is 0. The smallest absolute Gasteiger partial charge is 0.0741 e. The first-order chi connectivity index (χ1) is 12.7. The van der Waals surface area contributed by atoms with Crippen molar-refractivity contribution in [2.24, 2.45) is 5.92 Å². The Labute approximate surface area is 162 Å². The Morgan fingerprint density at radius 3 is 2.92 bits per heavy atom. The number of nitrogens with one attached hydrogen (secondary N) is 1. The lowest BCUT2D eigenvalue weighted by molar-refractivity contribution is 0.433. The van der Waals surface area contributed by atoms with E-state index in [4.69, 9.17) is 16.6 Å². The van der Waals surface area contributed by atoms with E-state index in [0.717, 1.165) is 23.5 Å². The maximum Gasteiger partial charge on any atom is 0.0741 e. The van der Waals surface area contributed by atoms with Gasteiger partial charge in [0, 0.05) is 33.9 Å². The molecule has 2 aliphatic rings. The SMILES string of the molecule is CCCCCCNc1c2c(nc3cc(Cl)ccc13)C[C@@H]1C=C(C)C[C@H]2C1. The molecular formula is C23H29ClN2. The van der Waals surface area contributed by atoms with Gasteiger partial charge in [0.1, 0.15) is 0 Å². The number of hydrogen-bond acceptors (Lipinski definition) is 2. The summed E-state index contributed by atoms with van der Waals surface area (Å²) < 4.78 is 0. The van der Waals surface area contributed by atoms with E-state index in [1.54, 1.807) is 5.57 Å². The molecule has 0 aliphatic heterocycles. The largest absolute Gasteiger partial charge is 0.384 e. The third-order valence-corrected chi connectivity index (χ3v) is 6.17. The number of aromatic nitrogens is 1. The van der Waals surface area contributed by atoms with Crippen LogP contribution in [0.3, 0.4) is 0 Å². The molecule has 2 aliphatic carbocycles. The number of anilines is 1. The Morgan fingerprint density at radius 1 is 1.19 bits per heavy atom. The van der Waals surface area contributed by atoms with Gasteiger partial charge >= 0.3 is 0 Å². The van der Waals surface area contributed by atoms with Crippen molar-refractivity contribution in [2.45, 2.75) is 64.7 Å². The van der Waals surface area contributed by atoms with E-state index in [1.807, 2.05) is 12.1 Å². The Bertz CT molecular complexity index is 840. The Kier molecular flexibility index (Phi) is 5.22. The van der Waals surface area contributed by atoms with Gasteiger partial charge < -0.3 is 5.32 Å². The number of fused-ring (bicyclic) bond motifs is 5. The molecule has 4 rings (SSSR count). The van der Waals surface area contributed by atoms with Crippen molar-refractivity contribution >= 4 is 28.2 Å². The van der Waals surface area contributed by atoms with E-state index < -0.39 is 0 Å². The van der Waals surface area contributed by atoms with Crippen molar-refractivity contribution in [3.05, 3.63) is 46.1 Å². The van der Waals surface area contributed by atoms with Crippen LogP contribution < -0.4 is 5.32 Å². The monoisotopic (exact) mass is 368 g/mol. The Hall–Kier alpha value is -1.54. The van der Waals surface area contributed by atoms with Crippen LogP contribution in [0.4, 0.5) is 5.69 Å². The highest BCUT2D eigenvalue weighted by atomic mass is 35.5. The average molecular weight is 369 g/mol. The van der Waals surface area contributed by atoms with Crippen LogP contribution in [0.2, 0.25) is 5.02 Å². The topological polar surface area (TPSA) is 24.9 Å². The number of pyridine rings is 1. The van der Waals surface area contributed by atoms with E-state index in [9.17, 15) is 0 Å². The van der Waals surface area contributed by atoms with Crippen molar-refractivity contribution < 1.29 is 0 Å². The van der Waals surface area contributed by atoms with E-state index >= 15 is 0 Å². The third kappa shape index (κ3) is 3.49. The number of nitrogens with zero attached hydrogens (tertiary/aromatic N) is 1. The van der Waals surface area contributed by atoms with Gasteiger partial charge in [0.25, 0.3) is 0 Å². The molecule has 2 bridgehead atoms. The van der Waals surface area contributed by atoms with E-state index in [-0.39, 0.29) is 0 Å². The van der Waals surface area contributed by atoms with Gasteiger partial charge in [0.15, 0.2) is 0 Å². The minimum atomic E-state index is 0.611. The third-order valence-electron chi connectivity index (χ3n) is 5.94. The van der Waals surface area contributed by atoms with Gasteiger partial charge in [-0.2, -0.15) is 0 Å². The van der Waals surface area contributed by atoms with Gasteiger partial charge in [-0.15, -0.1) is 0 Å². The van der Waals surface area contributed by atoms with E-state index in [2.05, 4.69) is 31.3 Å². The number of allylic oxidation sites excluding steroid dienone is 2. The standard InChI is InChI=1S/C23H29ClN2/c1-3-4-5-6-9-25-23-19-8-7-18(24)14-20(19)26-21-13-16-10-15(2)11-17(12-16)22(21)23/h7-8,10,14,16-17H,3-6,9,11-13H2,1-2H3,(H,25,26)/t16-,17+/m1/s1. The normalized spacial score (nSPS) is 21.4. The second kappa shape index (κ2) is 7.60. The van der Waals surface area contributed by atoms with Gasteiger partial charge in [-0.1, -0.05) is 49.4 Å². The van der Waals surface area contributed by atoms with Crippen molar-refractivity contribution in [2.75, 3.05) is 11.9 Å². The molecule has 0 fully saturated rings. The zero-order valence-corrected chi connectivity index (χ0v) is 16.7. The number of halogens is 1. The highest BCUT2D eigenvalue weighted by Crippen LogP contribution is 2.47. The van der Waals surface area contributed by atoms with Crippen LogP contribution in [0.15, 0.2) is 29.8 Å². The first kappa shape index (κ1) is 17.9. The summed E-state index contributed by atoms with van der Waals surface area (Å²) in [5, 5.41) is 5.81. The summed E-state index contributed by atoms with van der Waals surface area (Å²) in [5.41, 5.74) is 6.69.